The lowest BCUT2D eigenvalue weighted by atomic mass is 9.84. The van der Waals surface area contributed by atoms with Gasteiger partial charge in [-0.3, -0.25) is 9.59 Å². The van der Waals surface area contributed by atoms with Crippen LogP contribution in [0.1, 0.15) is 58.8 Å². The highest BCUT2D eigenvalue weighted by Crippen LogP contribution is 2.27. The van der Waals surface area contributed by atoms with Crippen molar-refractivity contribution in [3.63, 3.8) is 0 Å². The maximum Gasteiger partial charge on any atom is 0.305 e. The van der Waals surface area contributed by atoms with E-state index in [4.69, 9.17) is 10.5 Å². The Morgan fingerprint density at radius 2 is 1.95 bits per heavy atom. The molecule has 0 saturated heterocycles. The number of carbonyl (C=O) groups is 2. The van der Waals surface area contributed by atoms with Crippen LogP contribution in [0, 0.1) is 5.92 Å². The van der Waals surface area contributed by atoms with Crippen LogP contribution in [0.15, 0.2) is 0 Å². The molecule has 3 atom stereocenters. The van der Waals surface area contributed by atoms with Crippen LogP contribution in [0.2, 0.25) is 0 Å². The number of aliphatic hydroxyl groups excluding tert-OH is 1. The Labute approximate surface area is 132 Å². The minimum absolute atomic E-state index is 0.178. The Balaban J connectivity index is 2.29. The maximum absolute atomic E-state index is 11.9. The number of aliphatic hydroxyl groups is 1. The topological polar surface area (TPSA) is 102 Å². The van der Waals surface area contributed by atoms with Gasteiger partial charge in [0.05, 0.1) is 6.54 Å². The molecule has 0 heterocycles. The standard InChI is InChI=1S/C16H30N2O4/c1-3-14(19)22-11(2)10-18-16(21)15(20)13(17)9-12-7-5-4-6-8-12/h11-13,15,20H,3-10,17H2,1-2H3,(H,18,21)/t11-,13+,15?/m0/s1. The van der Waals surface area contributed by atoms with Crippen LogP contribution in [0.4, 0.5) is 0 Å². The number of nitrogens with one attached hydrogen (secondary N) is 1. The van der Waals surface area contributed by atoms with Crippen molar-refractivity contribution in [3.8, 4) is 0 Å². The second-order valence-electron chi connectivity index (χ2n) is 6.25. The van der Waals surface area contributed by atoms with Crippen LogP contribution in [-0.2, 0) is 14.3 Å². The van der Waals surface area contributed by atoms with E-state index in [0.29, 0.717) is 18.8 Å². The van der Waals surface area contributed by atoms with Crippen molar-refractivity contribution in [1.82, 2.24) is 5.32 Å². The fourth-order valence-corrected chi connectivity index (χ4v) is 2.83. The third-order valence-corrected chi connectivity index (χ3v) is 4.19. The Kier molecular flexibility index (Phi) is 8.42. The molecule has 0 aromatic heterocycles. The van der Waals surface area contributed by atoms with Gasteiger partial charge in [-0.05, 0) is 19.3 Å². The highest BCUT2D eigenvalue weighted by molar-refractivity contribution is 5.81. The lowest BCUT2D eigenvalue weighted by Gasteiger charge is -2.26. The zero-order chi connectivity index (χ0) is 16.5. The summed E-state index contributed by atoms with van der Waals surface area (Å²) < 4.78 is 5.05. The molecule has 1 saturated carbocycles. The second-order valence-corrected chi connectivity index (χ2v) is 6.25. The van der Waals surface area contributed by atoms with Gasteiger partial charge in [-0.25, -0.2) is 0 Å². The summed E-state index contributed by atoms with van der Waals surface area (Å²) in [6, 6.07) is -0.545. The van der Waals surface area contributed by atoms with Crippen molar-refractivity contribution in [2.45, 2.75) is 77.0 Å². The van der Waals surface area contributed by atoms with Crippen molar-refractivity contribution in [1.29, 1.82) is 0 Å². The van der Waals surface area contributed by atoms with Gasteiger partial charge in [0.1, 0.15) is 12.2 Å². The van der Waals surface area contributed by atoms with Gasteiger partial charge in [0.25, 0.3) is 5.91 Å². The molecule has 1 aliphatic rings. The zero-order valence-corrected chi connectivity index (χ0v) is 13.7. The largest absolute Gasteiger partial charge is 0.461 e. The Hall–Kier alpha value is -1.14. The van der Waals surface area contributed by atoms with Gasteiger partial charge >= 0.3 is 5.97 Å². The normalized spacial score (nSPS) is 20.0. The van der Waals surface area contributed by atoms with Crippen LogP contribution in [0.5, 0.6) is 0 Å². The molecule has 0 radical (unpaired) electrons. The molecule has 1 amide bonds. The molecular formula is C16H30N2O4. The van der Waals surface area contributed by atoms with Gasteiger partial charge < -0.3 is 20.9 Å². The third-order valence-electron chi connectivity index (χ3n) is 4.19. The number of ether oxygens (including phenoxy) is 1. The molecule has 6 nitrogen and oxygen atoms in total. The molecule has 1 aliphatic carbocycles. The summed E-state index contributed by atoms with van der Waals surface area (Å²) in [6.45, 7) is 3.58. The van der Waals surface area contributed by atoms with Crippen LogP contribution < -0.4 is 11.1 Å². The van der Waals surface area contributed by atoms with E-state index in [2.05, 4.69) is 5.32 Å². The highest BCUT2D eigenvalue weighted by Gasteiger charge is 2.26. The van der Waals surface area contributed by atoms with Gasteiger partial charge in [0.15, 0.2) is 0 Å². The summed E-state index contributed by atoms with van der Waals surface area (Å²) in [4.78, 5) is 23.0. The number of esters is 1. The maximum atomic E-state index is 11.9. The van der Waals surface area contributed by atoms with Gasteiger partial charge in [-0.1, -0.05) is 39.0 Å². The van der Waals surface area contributed by atoms with E-state index in [9.17, 15) is 14.7 Å². The summed E-state index contributed by atoms with van der Waals surface area (Å²) in [5.41, 5.74) is 5.96. The fraction of sp³-hybridized carbons (Fsp3) is 0.875. The van der Waals surface area contributed by atoms with Crippen LogP contribution in [-0.4, -0.2) is 41.8 Å². The average Bonchev–Trinajstić information content (AvgIpc) is 2.52. The third kappa shape index (κ3) is 6.75. The summed E-state index contributed by atoms with van der Waals surface area (Å²) in [7, 11) is 0. The van der Waals surface area contributed by atoms with Crippen molar-refractivity contribution in [3.05, 3.63) is 0 Å². The highest BCUT2D eigenvalue weighted by atomic mass is 16.5. The minimum Gasteiger partial charge on any atom is -0.461 e. The van der Waals surface area contributed by atoms with E-state index in [1.807, 2.05) is 0 Å². The van der Waals surface area contributed by atoms with Crippen LogP contribution in [0.25, 0.3) is 0 Å². The average molecular weight is 314 g/mol. The van der Waals surface area contributed by atoms with Crippen molar-refractivity contribution in [2.75, 3.05) is 6.54 Å². The van der Waals surface area contributed by atoms with E-state index < -0.39 is 24.2 Å². The molecule has 6 heteroatoms. The lowest BCUT2D eigenvalue weighted by molar-refractivity contribution is -0.148. The molecular weight excluding hydrogens is 284 g/mol. The molecule has 22 heavy (non-hydrogen) atoms. The first-order valence-corrected chi connectivity index (χ1v) is 8.34. The first-order chi connectivity index (χ1) is 10.4. The number of hydrogen-bond acceptors (Lipinski definition) is 5. The van der Waals surface area contributed by atoms with E-state index in [1.54, 1.807) is 13.8 Å². The predicted molar refractivity (Wildman–Crippen MR) is 84.0 cm³/mol. The number of nitrogens with two attached hydrogens (primary N) is 1. The quantitative estimate of drug-likeness (QED) is 0.582. The smallest absolute Gasteiger partial charge is 0.305 e. The van der Waals surface area contributed by atoms with Gasteiger partial charge in [0, 0.05) is 12.5 Å². The lowest BCUT2D eigenvalue weighted by Crippen LogP contribution is -2.48. The molecule has 128 valence electrons. The molecule has 0 aliphatic heterocycles. The van der Waals surface area contributed by atoms with Gasteiger partial charge in [0.2, 0.25) is 0 Å². The summed E-state index contributed by atoms with van der Waals surface area (Å²) >= 11 is 0. The van der Waals surface area contributed by atoms with Crippen LogP contribution >= 0.6 is 0 Å². The molecule has 4 N–H and O–H groups in total. The van der Waals surface area contributed by atoms with Crippen molar-refractivity contribution >= 4 is 11.9 Å². The predicted octanol–water partition coefficient (Wildman–Crippen LogP) is 1.10. The molecule has 1 rings (SSSR count). The SMILES string of the molecule is CCC(=O)O[C@@H](C)CNC(=O)C(O)[C@H](N)CC1CCCCC1. The number of carbonyl (C=O) groups excluding carboxylic acids is 2. The fourth-order valence-electron chi connectivity index (χ4n) is 2.83. The Morgan fingerprint density at radius 1 is 1.32 bits per heavy atom. The molecule has 1 unspecified atom stereocenters. The van der Waals surface area contributed by atoms with E-state index in [0.717, 1.165) is 12.8 Å². The zero-order valence-electron chi connectivity index (χ0n) is 13.7. The first kappa shape index (κ1) is 18.9. The second kappa shape index (κ2) is 9.79. The molecule has 0 bridgehead atoms. The minimum atomic E-state index is -1.21. The molecule has 1 fully saturated rings. The van der Waals surface area contributed by atoms with Crippen LogP contribution in [0.3, 0.4) is 0 Å². The summed E-state index contributed by atoms with van der Waals surface area (Å²) in [6.07, 6.45) is 5.29. The Bertz CT molecular complexity index is 356. The van der Waals surface area contributed by atoms with Gasteiger partial charge in [-0.15, -0.1) is 0 Å². The number of rotatable bonds is 8. The van der Waals surface area contributed by atoms with E-state index in [1.165, 1.54) is 19.3 Å². The monoisotopic (exact) mass is 314 g/mol. The van der Waals surface area contributed by atoms with E-state index in [-0.39, 0.29) is 12.5 Å². The van der Waals surface area contributed by atoms with Crippen molar-refractivity contribution < 1.29 is 19.4 Å². The van der Waals surface area contributed by atoms with Crippen molar-refractivity contribution in [2.24, 2.45) is 11.7 Å². The van der Waals surface area contributed by atoms with Gasteiger partial charge in [-0.2, -0.15) is 0 Å². The van der Waals surface area contributed by atoms with E-state index >= 15 is 0 Å². The Morgan fingerprint density at radius 3 is 2.55 bits per heavy atom. The molecule has 0 spiro atoms. The molecule has 0 aromatic rings. The first-order valence-electron chi connectivity index (χ1n) is 8.34. The number of hydrogen-bond donors (Lipinski definition) is 3. The summed E-state index contributed by atoms with van der Waals surface area (Å²) in [5.74, 6) is -0.297. The summed E-state index contributed by atoms with van der Waals surface area (Å²) in [5, 5.41) is 12.6. The molecule has 0 aromatic carbocycles. The number of amides is 1.